The SMILES string of the molecule is C[C@H](N)c1cccnc1N(C)CC1CCC1. The predicted octanol–water partition coefficient (Wildman–Crippen LogP) is 2.34. The van der Waals surface area contributed by atoms with Crippen LogP contribution in [0.25, 0.3) is 0 Å². The maximum atomic E-state index is 5.96. The van der Waals surface area contributed by atoms with Gasteiger partial charge in [0.15, 0.2) is 0 Å². The molecule has 1 heterocycles. The minimum absolute atomic E-state index is 0.0486. The van der Waals surface area contributed by atoms with Crippen molar-refractivity contribution in [2.24, 2.45) is 11.7 Å². The van der Waals surface area contributed by atoms with E-state index in [1.807, 2.05) is 19.2 Å². The van der Waals surface area contributed by atoms with Crippen molar-refractivity contribution in [2.45, 2.75) is 32.2 Å². The average molecular weight is 219 g/mol. The van der Waals surface area contributed by atoms with Crippen molar-refractivity contribution < 1.29 is 0 Å². The van der Waals surface area contributed by atoms with Crippen LogP contribution in [0.4, 0.5) is 5.82 Å². The van der Waals surface area contributed by atoms with Crippen molar-refractivity contribution >= 4 is 5.82 Å². The van der Waals surface area contributed by atoms with Crippen LogP contribution in [0.5, 0.6) is 0 Å². The van der Waals surface area contributed by atoms with E-state index in [1.54, 1.807) is 0 Å². The Kier molecular flexibility index (Phi) is 3.44. The fourth-order valence-electron chi connectivity index (χ4n) is 2.23. The average Bonchev–Trinajstić information content (AvgIpc) is 2.23. The summed E-state index contributed by atoms with van der Waals surface area (Å²) >= 11 is 0. The van der Waals surface area contributed by atoms with Crippen LogP contribution in [0.15, 0.2) is 18.3 Å². The van der Waals surface area contributed by atoms with Crippen molar-refractivity contribution in [3.05, 3.63) is 23.9 Å². The van der Waals surface area contributed by atoms with Crippen LogP contribution in [0.3, 0.4) is 0 Å². The molecule has 0 bridgehead atoms. The fraction of sp³-hybridized carbons (Fsp3) is 0.615. The second kappa shape index (κ2) is 4.83. The van der Waals surface area contributed by atoms with Crippen molar-refractivity contribution in [3.63, 3.8) is 0 Å². The summed E-state index contributed by atoms with van der Waals surface area (Å²) in [5, 5.41) is 0. The van der Waals surface area contributed by atoms with Gasteiger partial charge in [0.1, 0.15) is 5.82 Å². The van der Waals surface area contributed by atoms with Crippen molar-refractivity contribution in [3.8, 4) is 0 Å². The molecule has 0 unspecified atom stereocenters. The first-order valence-electron chi connectivity index (χ1n) is 6.10. The first kappa shape index (κ1) is 11.4. The molecule has 0 spiro atoms. The minimum Gasteiger partial charge on any atom is -0.359 e. The van der Waals surface area contributed by atoms with Crippen LogP contribution >= 0.6 is 0 Å². The van der Waals surface area contributed by atoms with E-state index in [4.69, 9.17) is 5.73 Å². The Bertz CT molecular complexity index is 345. The van der Waals surface area contributed by atoms with E-state index in [-0.39, 0.29) is 6.04 Å². The molecule has 3 heteroatoms. The lowest BCUT2D eigenvalue weighted by Gasteiger charge is -2.31. The molecule has 2 rings (SSSR count). The number of rotatable bonds is 4. The van der Waals surface area contributed by atoms with Crippen LogP contribution in [0.2, 0.25) is 0 Å². The second-order valence-corrected chi connectivity index (χ2v) is 4.88. The summed E-state index contributed by atoms with van der Waals surface area (Å²) in [7, 11) is 2.12. The lowest BCUT2D eigenvalue weighted by Crippen LogP contribution is -2.31. The van der Waals surface area contributed by atoms with E-state index in [1.165, 1.54) is 19.3 Å². The largest absolute Gasteiger partial charge is 0.359 e. The molecule has 1 aliphatic carbocycles. The lowest BCUT2D eigenvalue weighted by molar-refractivity contribution is 0.321. The van der Waals surface area contributed by atoms with Crippen molar-refractivity contribution in [1.82, 2.24) is 4.98 Å². The molecular weight excluding hydrogens is 198 g/mol. The molecule has 3 nitrogen and oxygen atoms in total. The molecule has 0 amide bonds. The van der Waals surface area contributed by atoms with Crippen LogP contribution in [-0.2, 0) is 0 Å². The molecule has 1 aromatic heterocycles. The van der Waals surface area contributed by atoms with Crippen molar-refractivity contribution in [1.29, 1.82) is 0 Å². The number of nitrogens with two attached hydrogens (primary N) is 1. The summed E-state index contributed by atoms with van der Waals surface area (Å²) in [6, 6.07) is 4.08. The Balaban J connectivity index is 2.11. The highest BCUT2D eigenvalue weighted by Gasteiger charge is 2.21. The van der Waals surface area contributed by atoms with E-state index < -0.39 is 0 Å². The van der Waals surface area contributed by atoms with Gasteiger partial charge >= 0.3 is 0 Å². The molecule has 1 fully saturated rings. The van der Waals surface area contributed by atoms with Gasteiger partial charge in [0.05, 0.1) is 0 Å². The Morgan fingerprint density at radius 3 is 2.88 bits per heavy atom. The van der Waals surface area contributed by atoms with Gasteiger partial charge in [-0.1, -0.05) is 12.5 Å². The quantitative estimate of drug-likeness (QED) is 0.845. The monoisotopic (exact) mass is 219 g/mol. The number of hydrogen-bond acceptors (Lipinski definition) is 3. The number of anilines is 1. The highest BCUT2D eigenvalue weighted by atomic mass is 15.2. The Morgan fingerprint density at radius 2 is 2.31 bits per heavy atom. The fourth-order valence-corrected chi connectivity index (χ4v) is 2.23. The van der Waals surface area contributed by atoms with Gasteiger partial charge in [0, 0.05) is 31.4 Å². The third kappa shape index (κ3) is 2.35. The van der Waals surface area contributed by atoms with Gasteiger partial charge in [-0.25, -0.2) is 4.98 Å². The van der Waals surface area contributed by atoms with E-state index in [9.17, 15) is 0 Å². The normalized spacial score (nSPS) is 17.9. The third-order valence-corrected chi connectivity index (χ3v) is 3.43. The summed E-state index contributed by atoms with van der Waals surface area (Å²) in [5.74, 6) is 1.90. The minimum atomic E-state index is 0.0486. The van der Waals surface area contributed by atoms with E-state index in [0.717, 1.165) is 23.8 Å². The maximum Gasteiger partial charge on any atom is 0.133 e. The number of hydrogen-bond donors (Lipinski definition) is 1. The van der Waals surface area contributed by atoms with E-state index in [0.29, 0.717) is 0 Å². The first-order chi connectivity index (χ1) is 7.68. The third-order valence-electron chi connectivity index (χ3n) is 3.43. The zero-order valence-corrected chi connectivity index (χ0v) is 10.2. The molecule has 0 radical (unpaired) electrons. The highest BCUT2D eigenvalue weighted by molar-refractivity contribution is 5.47. The smallest absolute Gasteiger partial charge is 0.133 e. The summed E-state index contributed by atoms with van der Waals surface area (Å²) in [6.07, 6.45) is 5.97. The van der Waals surface area contributed by atoms with Gasteiger partial charge in [-0.3, -0.25) is 0 Å². The molecule has 1 atom stereocenters. The number of aromatic nitrogens is 1. The Morgan fingerprint density at radius 1 is 1.56 bits per heavy atom. The van der Waals surface area contributed by atoms with E-state index in [2.05, 4.69) is 23.0 Å². The van der Waals surface area contributed by atoms with Gasteiger partial charge in [-0.05, 0) is 31.7 Å². The predicted molar refractivity (Wildman–Crippen MR) is 67.5 cm³/mol. The molecule has 1 saturated carbocycles. The van der Waals surface area contributed by atoms with E-state index >= 15 is 0 Å². The Labute approximate surface area is 97.7 Å². The van der Waals surface area contributed by atoms with Gasteiger partial charge < -0.3 is 10.6 Å². The molecule has 0 aromatic carbocycles. The molecule has 0 saturated heterocycles. The van der Waals surface area contributed by atoms with Gasteiger partial charge in [-0.15, -0.1) is 0 Å². The maximum absolute atomic E-state index is 5.96. The van der Waals surface area contributed by atoms with Gasteiger partial charge in [0.2, 0.25) is 0 Å². The summed E-state index contributed by atoms with van der Waals surface area (Å²) in [6.45, 7) is 3.12. The zero-order chi connectivity index (χ0) is 11.5. The van der Waals surface area contributed by atoms with Gasteiger partial charge in [0.25, 0.3) is 0 Å². The van der Waals surface area contributed by atoms with Crippen LogP contribution in [0, 0.1) is 5.92 Å². The second-order valence-electron chi connectivity index (χ2n) is 4.88. The molecule has 88 valence electrons. The summed E-state index contributed by atoms with van der Waals surface area (Å²) in [4.78, 5) is 6.71. The number of pyridine rings is 1. The molecular formula is C13H21N3. The van der Waals surface area contributed by atoms with Crippen molar-refractivity contribution in [2.75, 3.05) is 18.5 Å². The Hall–Kier alpha value is -1.09. The first-order valence-corrected chi connectivity index (χ1v) is 6.10. The molecule has 1 aliphatic rings. The molecule has 2 N–H and O–H groups in total. The molecule has 16 heavy (non-hydrogen) atoms. The zero-order valence-electron chi connectivity index (χ0n) is 10.2. The standard InChI is InChI=1S/C13H21N3/c1-10(14)12-7-4-8-15-13(12)16(2)9-11-5-3-6-11/h4,7-8,10-11H,3,5-6,9,14H2,1-2H3/t10-/m0/s1. The lowest BCUT2D eigenvalue weighted by atomic mass is 9.85. The summed E-state index contributed by atoms with van der Waals surface area (Å²) in [5.41, 5.74) is 7.11. The highest BCUT2D eigenvalue weighted by Crippen LogP contribution is 2.29. The summed E-state index contributed by atoms with van der Waals surface area (Å²) < 4.78 is 0. The van der Waals surface area contributed by atoms with Crippen LogP contribution in [-0.4, -0.2) is 18.6 Å². The topological polar surface area (TPSA) is 42.1 Å². The van der Waals surface area contributed by atoms with Gasteiger partial charge in [-0.2, -0.15) is 0 Å². The molecule has 0 aliphatic heterocycles. The molecule has 1 aromatic rings. The van der Waals surface area contributed by atoms with Crippen LogP contribution in [0.1, 0.15) is 37.8 Å². The number of nitrogens with zero attached hydrogens (tertiary/aromatic N) is 2. The van der Waals surface area contributed by atoms with Crippen LogP contribution < -0.4 is 10.6 Å².